The lowest BCUT2D eigenvalue weighted by Crippen LogP contribution is -2.27. The Labute approximate surface area is 187 Å². The number of carbonyl (C=O) groups is 1. The molecule has 0 fully saturated rings. The Hall–Kier alpha value is -2.90. The van der Waals surface area contributed by atoms with Crippen LogP contribution in [-0.4, -0.2) is 40.0 Å². The van der Waals surface area contributed by atoms with E-state index in [1.165, 1.54) is 19.2 Å². The number of aliphatic hydroxyl groups is 1. The molecule has 0 aliphatic heterocycles. The molecule has 0 aliphatic rings. The first-order valence-electron chi connectivity index (χ1n) is 10.7. The van der Waals surface area contributed by atoms with Crippen LogP contribution in [0, 0.1) is 5.82 Å². The number of hydrogen-bond acceptors (Lipinski definition) is 6. The van der Waals surface area contributed by atoms with E-state index in [2.05, 4.69) is 0 Å². The highest BCUT2D eigenvalue weighted by Gasteiger charge is 2.17. The molecule has 32 heavy (non-hydrogen) atoms. The van der Waals surface area contributed by atoms with Crippen LogP contribution < -0.4 is 0 Å². The monoisotopic (exact) mass is 440 g/mol. The van der Waals surface area contributed by atoms with Crippen LogP contribution in [0.25, 0.3) is 22.3 Å². The minimum atomic E-state index is -0.822. The van der Waals surface area contributed by atoms with Crippen molar-refractivity contribution in [3.63, 3.8) is 0 Å². The number of ether oxygens (including phenoxy) is 2. The maximum Gasteiger partial charge on any atom is 0.337 e. The maximum absolute atomic E-state index is 13.4. The van der Waals surface area contributed by atoms with Gasteiger partial charge in [0.15, 0.2) is 6.29 Å². The van der Waals surface area contributed by atoms with E-state index < -0.39 is 17.9 Å². The number of rotatable bonds is 8. The first-order valence-corrected chi connectivity index (χ1v) is 10.7. The molecule has 2 aromatic carbocycles. The summed E-state index contributed by atoms with van der Waals surface area (Å²) in [7, 11) is 1.33. The fourth-order valence-corrected chi connectivity index (χ4v) is 3.43. The van der Waals surface area contributed by atoms with Gasteiger partial charge in [0.1, 0.15) is 5.82 Å². The molecule has 0 radical (unpaired) electrons. The zero-order valence-electron chi connectivity index (χ0n) is 18.9. The Balaban J connectivity index is 1.86. The van der Waals surface area contributed by atoms with E-state index in [1.54, 1.807) is 30.3 Å². The number of aryl methyl sites for hydroxylation is 1. The van der Waals surface area contributed by atoms with Crippen LogP contribution >= 0.6 is 0 Å². The second-order valence-corrected chi connectivity index (χ2v) is 8.65. The molecule has 1 N–H and O–H groups in total. The van der Waals surface area contributed by atoms with E-state index in [4.69, 9.17) is 19.4 Å². The third-order valence-corrected chi connectivity index (χ3v) is 4.88. The largest absolute Gasteiger partial charge is 0.465 e. The molecule has 1 aromatic heterocycles. The minimum Gasteiger partial charge on any atom is -0.465 e. The summed E-state index contributed by atoms with van der Waals surface area (Å²) >= 11 is 0. The Bertz CT molecular complexity index is 1080. The number of unbranched alkanes of at least 4 members (excludes halogenated alkanes) is 1. The predicted molar refractivity (Wildman–Crippen MR) is 121 cm³/mol. The zero-order chi connectivity index (χ0) is 23.3. The standard InChI is InChI=1S/C25H29FN2O4/c1-25(2,3)32-22(29)8-6-5-7-20-23(16-9-12-18(26)13-10-16)28-19-14-11-17(24(30)31-4)15-21(19)27-20/h9-15,22,29H,5-8H2,1-4H3. The summed E-state index contributed by atoms with van der Waals surface area (Å²) in [5.41, 5.74) is 3.41. The highest BCUT2D eigenvalue weighted by atomic mass is 19.1. The van der Waals surface area contributed by atoms with Crippen LogP contribution in [0.5, 0.6) is 0 Å². The van der Waals surface area contributed by atoms with E-state index in [9.17, 15) is 14.3 Å². The van der Waals surface area contributed by atoms with Gasteiger partial charge in [-0.15, -0.1) is 0 Å². The lowest BCUT2D eigenvalue weighted by molar-refractivity contribution is -0.168. The van der Waals surface area contributed by atoms with Crippen molar-refractivity contribution in [3.8, 4) is 11.3 Å². The summed E-state index contributed by atoms with van der Waals surface area (Å²) in [4.78, 5) is 21.4. The lowest BCUT2D eigenvalue weighted by Gasteiger charge is -2.23. The Morgan fingerprint density at radius 1 is 1.06 bits per heavy atom. The first kappa shape index (κ1) is 23.8. The number of aromatic nitrogens is 2. The molecule has 1 atom stereocenters. The van der Waals surface area contributed by atoms with Crippen molar-refractivity contribution in [2.75, 3.05) is 7.11 Å². The second kappa shape index (κ2) is 10.1. The van der Waals surface area contributed by atoms with Gasteiger partial charge in [-0.2, -0.15) is 0 Å². The molecular weight excluding hydrogens is 411 g/mol. The van der Waals surface area contributed by atoms with Crippen molar-refractivity contribution in [2.24, 2.45) is 0 Å². The van der Waals surface area contributed by atoms with Crippen molar-refractivity contribution in [3.05, 3.63) is 59.5 Å². The summed E-state index contributed by atoms with van der Waals surface area (Å²) in [6.07, 6.45) is 1.80. The molecule has 0 saturated carbocycles. The number of aliphatic hydroxyl groups excluding tert-OH is 1. The highest BCUT2D eigenvalue weighted by Crippen LogP contribution is 2.26. The van der Waals surface area contributed by atoms with Gasteiger partial charge in [-0.1, -0.05) is 0 Å². The number of methoxy groups -OCH3 is 1. The van der Waals surface area contributed by atoms with E-state index in [-0.39, 0.29) is 5.82 Å². The second-order valence-electron chi connectivity index (χ2n) is 8.65. The summed E-state index contributed by atoms with van der Waals surface area (Å²) in [5.74, 6) is -0.759. The summed E-state index contributed by atoms with van der Waals surface area (Å²) < 4.78 is 23.8. The fraction of sp³-hybridized carbons (Fsp3) is 0.400. The molecule has 0 amide bonds. The molecule has 1 heterocycles. The first-order chi connectivity index (χ1) is 15.2. The van der Waals surface area contributed by atoms with E-state index in [0.29, 0.717) is 35.1 Å². The molecule has 3 rings (SSSR count). The van der Waals surface area contributed by atoms with Gasteiger partial charge in [-0.25, -0.2) is 19.2 Å². The van der Waals surface area contributed by atoms with Crippen LogP contribution in [0.4, 0.5) is 4.39 Å². The minimum absolute atomic E-state index is 0.320. The summed E-state index contributed by atoms with van der Waals surface area (Å²) in [6, 6.07) is 11.2. The van der Waals surface area contributed by atoms with Gasteiger partial charge in [-0.05, 0) is 88.9 Å². The Morgan fingerprint density at radius 2 is 1.78 bits per heavy atom. The van der Waals surface area contributed by atoms with E-state index >= 15 is 0 Å². The summed E-state index contributed by atoms with van der Waals surface area (Å²) in [5, 5.41) is 10.1. The Morgan fingerprint density at radius 3 is 2.44 bits per heavy atom. The van der Waals surface area contributed by atoms with Gasteiger partial charge in [0.05, 0.1) is 40.7 Å². The molecular formula is C25H29FN2O4. The van der Waals surface area contributed by atoms with Crippen molar-refractivity contribution < 1.29 is 23.8 Å². The topological polar surface area (TPSA) is 81.5 Å². The third-order valence-electron chi connectivity index (χ3n) is 4.88. The van der Waals surface area contributed by atoms with Gasteiger partial charge < -0.3 is 14.6 Å². The van der Waals surface area contributed by atoms with Gasteiger partial charge in [0, 0.05) is 5.56 Å². The normalized spacial score (nSPS) is 12.7. The SMILES string of the molecule is COC(=O)c1ccc2nc(-c3ccc(F)cc3)c(CCCCC(O)OC(C)(C)C)nc2c1. The predicted octanol–water partition coefficient (Wildman–Crippen LogP) is 5.07. The van der Waals surface area contributed by atoms with Crippen LogP contribution in [0.3, 0.4) is 0 Å². The molecule has 170 valence electrons. The average Bonchev–Trinajstić information content (AvgIpc) is 2.74. The molecule has 3 aromatic rings. The van der Waals surface area contributed by atoms with Crippen LogP contribution in [-0.2, 0) is 15.9 Å². The van der Waals surface area contributed by atoms with Crippen molar-refractivity contribution >= 4 is 17.0 Å². The average molecular weight is 441 g/mol. The number of esters is 1. The van der Waals surface area contributed by atoms with Gasteiger partial charge >= 0.3 is 5.97 Å². The number of halogens is 1. The van der Waals surface area contributed by atoms with Gasteiger partial charge in [0.25, 0.3) is 0 Å². The van der Waals surface area contributed by atoms with Crippen molar-refractivity contribution in [2.45, 2.75) is 58.3 Å². The quantitative estimate of drug-likeness (QED) is 0.299. The van der Waals surface area contributed by atoms with Crippen LogP contribution in [0.15, 0.2) is 42.5 Å². The zero-order valence-corrected chi connectivity index (χ0v) is 18.9. The van der Waals surface area contributed by atoms with Gasteiger partial charge in [0.2, 0.25) is 0 Å². The molecule has 0 spiro atoms. The molecule has 1 unspecified atom stereocenters. The molecule has 0 saturated heterocycles. The van der Waals surface area contributed by atoms with E-state index in [1.807, 2.05) is 20.8 Å². The number of nitrogens with zero attached hydrogens (tertiary/aromatic N) is 2. The van der Waals surface area contributed by atoms with E-state index in [0.717, 1.165) is 24.1 Å². The lowest BCUT2D eigenvalue weighted by atomic mass is 10.0. The van der Waals surface area contributed by atoms with Crippen molar-refractivity contribution in [1.82, 2.24) is 9.97 Å². The fourth-order valence-electron chi connectivity index (χ4n) is 3.43. The summed E-state index contributed by atoms with van der Waals surface area (Å²) in [6.45, 7) is 5.70. The van der Waals surface area contributed by atoms with Crippen LogP contribution in [0.1, 0.15) is 56.1 Å². The highest BCUT2D eigenvalue weighted by molar-refractivity contribution is 5.93. The molecule has 6 nitrogen and oxygen atoms in total. The molecule has 0 aliphatic carbocycles. The maximum atomic E-state index is 13.4. The van der Waals surface area contributed by atoms with Crippen LogP contribution in [0.2, 0.25) is 0 Å². The number of benzene rings is 2. The van der Waals surface area contributed by atoms with Gasteiger partial charge in [-0.3, -0.25) is 0 Å². The number of fused-ring (bicyclic) bond motifs is 1. The third kappa shape index (κ3) is 6.31. The Kier molecular flexibility index (Phi) is 7.53. The number of hydrogen-bond donors (Lipinski definition) is 1. The van der Waals surface area contributed by atoms with Crippen molar-refractivity contribution in [1.29, 1.82) is 0 Å². The molecule has 0 bridgehead atoms. The molecule has 7 heteroatoms. The number of carbonyl (C=O) groups excluding carboxylic acids is 1. The smallest absolute Gasteiger partial charge is 0.337 e.